The molecule has 4 heteroatoms. The zero-order valence-electron chi connectivity index (χ0n) is 11.7. The molecule has 0 aliphatic carbocycles. The Hall–Kier alpha value is -2.04. The van der Waals surface area contributed by atoms with E-state index in [4.69, 9.17) is 19.6 Å². The average molecular weight is 274 g/mol. The van der Waals surface area contributed by atoms with Crippen LogP contribution in [-0.2, 0) is 9.78 Å². The Kier molecular flexibility index (Phi) is 5.41. The number of benzene rings is 2. The first-order valence-electron chi connectivity index (χ1n) is 6.63. The van der Waals surface area contributed by atoms with E-state index in [0.29, 0.717) is 24.7 Å². The van der Waals surface area contributed by atoms with Crippen LogP contribution in [0.5, 0.6) is 11.5 Å². The number of hydrogen-bond acceptors (Lipinski definition) is 4. The molecule has 0 aromatic heterocycles. The molecule has 2 rings (SSSR count). The number of rotatable bonds is 7. The van der Waals surface area contributed by atoms with Crippen LogP contribution in [0.4, 0.5) is 0 Å². The lowest BCUT2D eigenvalue weighted by atomic mass is 10.1. The fourth-order valence-electron chi connectivity index (χ4n) is 1.66. The van der Waals surface area contributed by atoms with Crippen molar-refractivity contribution in [3.63, 3.8) is 0 Å². The van der Waals surface area contributed by atoms with Crippen molar-refractivity contribution in [2.45, 2.75) is 13.8 Å². The summed E-state index contributed by atoms with van der Waals surface area (Å²) in [6.07, 6.45) is 0. The first kappa shape index (κ1) is 14.4. The summed E-state index contributed by atoms with van der Waals surface area (Å²) in [7, 11) is 0. The molecule has 2 aromatic rings. The molecule has 20 heavy (non-hydrogen) atoms. The summed E-state index contributed by atoms with van der Waals surface area (Å²) in [6, 6.07) is 15.4. The highest BCUT2D eigenvalue weighted by Gasteiger charge is 2.01. The van der Waals surface area contributed by atoms with Crippen molar-refractivity contribution >= 4 is 0 Å². The Morgan fingerprint density at radius 2 is 0.950 bits per heavy atom. The molecule has 0 unspecified atom stereocenters. The van der Waals surface area contributed by atoms with E-state index in [1.807, 2.05) is 62.4 Å². The van der Waals surface area contributed by atoms with Crippen LogP contribution >= 0.6 is 0 Å². The molecule has 0 aliphatic heterocycles. The van der Waals surface area contributed by atoms with Gasteiger partial charge in [-0.05, 0) is 49.2 Å². The quantitative estimate of drug-likeness (QED) is 0.564. The molecule has 0 saturated heterocycles. The Bertz CT molecular complexity index is 456. The maximum atomic E-state index is 5.07. The van der Waals surface area contributed by atoms with Crippen LogP contribution in [0.2, 0.25) is 0 Å². The minimum atomic E-state index is 0.517. The lowest BCUT2D eigenvalue weighted by Crippen LogP contribution is -1.95. The Morgan fingerprint density at radius 1 is 0.600 bits per heavy atom. The van der Waals surface area contributed by atoms with Gasteiger partial charge in [-0.25, -0.2) is 0 Å². The highest BCUT2D eigenvalue weighted by Crippen LogP contribution is 2.24. The molecule has 0 saturated carbocycles. The van der Waals surface area contributed by atoms with Gasteiger partial charge in [0.1, 0.15) is 0 Å². The molecule has 0 radical (unpaired) electrons. The molecular weight excluding hydrogens is 256 g/mol. The van der Waals surface area contributed by atoms with E-state index >= 15 is 0 Å². The molecule has 0 atom stereocenters. The van der Waals surface area contributed by atoms with Crippen molar-refractivity contribution in [1.82, 2.24) is 0 Å². The average Bonchev–Trinajstić information content (AvgIpc) is 2.52. The standard InChI is InChI=1S/C16H18O4/c1-3-17-19-15-9-5-13(6-10-15)14-7-11-16(12-8-14)20-18-4-2/h5-12H,3-4H2,1-2H3. The van der Waals surface area contributed by atoms with Gasteiger partial charge in [-0.1, -0.05) is 24.3 Å². The zero-order chi connectivity index (χ0) is 14.2. The lowest BCUT2D eigenvalue weighted by molar-refractivity contribution is -0.202. The molecule has 106 valence electrons. The SMILES string of the molecule is CCOOc1ccc(-c2ccc(OOCC)cc2)cc1. The molecule has 0 spiro atoms. The van der Waals surface area contributed by atoms with Gasteiger partial charge in [-0.2, -0.15) is 9.78 Å². The van der Waals surface area contributed by atoms with Crippen molar-refractivity contribution in [3.8, 4) is 22.6 Å². The normalized spacial score (nSPS) is 10.3. The predicted octanol–water partition coefficient (Wildman–Crippen LogP) is 4.01. The van der Waals surface area contributed by atoms with Crippen LogP contribution < -0.4 is 9.78 Å². The molecule has 2 aromatic carbocycles. The summed E-state index contributed by atoms with van der Waals surface area (Å²) in [6.45, 7) is 4.78. The second-order valence-electron chi connectivity index (χ2n) is 4.03. The monoisotopic (exact) mass is 274 g/mol. The molecule has 0 heterocycles. The topological polar surface area (TPSA) is 36.9 Å². The van der Waals surface area contributed by atoms with E-state index in [1.165, 1.54) is 0 Å². The van der Waals surface area contributed by atoms with Crippen LogP contribution in [-0.4, -0.2) is 13.2 Å². The largest absolute Gasteiger partial charge is 0.338 e. The van der Waals surface area contributed by atoms with Gasteiger partial charge in [0.15, 0.2) is 11.5 Å². The first-order valence-corrected chi connectivity index (χ1v) is 6.63. The van der Waals surface area contributed by atoms with Crippen molar-refractivity contribution in [1.29, 1.82) is 0 Å². The molecule has 0 N–H and O–H groups in total. The summed E-state index contributed by atoms with van der Waals surface area (Å²) in [5.41, 5.74) is 2.19. The Morgan fingerprint density at radius 3 is 1.25 bits per heavy atom. The number of hydrogen-bond donors (Lipinski definition) is 0. The van der Waals surface area contributed by atoms with E-state index < -0.39 is 0 Å². The maximum Gasteiger partial charge on any atom is 0.165 e. The van der Waals surface area contributed by atoms with Gasteiger partial charge in [-0.3, -0.25) is 0 Å². The van der Waals surface area contributed by atoms with E-state index in [-0.39, 0.29) is 0 Å². The summed E-state index contributed by atoms with van der Waals surface area (Å²) < 4.78 is 0. The van der Waals surface area contributed by atoms with Crippen molar-refractivity contribution in [3.05, 3.63) is 48.5 Å². The third-order valence-electron chi connectivity index (χ3n) is 2.59. The first-order chi connectivity index (χ1) is 9.83. The molecule has 4 nitrogen and oxygen atoms in total. The second kappa shape index (κ2) is 7.53. The van der Waals surface area contributed by atoms with Gasteiger partial charge in [-0.15, -0.1) is 0 Å². The summed E-state index contributed by atoms with van der Waals surface area (Å²) in [5.74, 6) is 1.37. The van der Waals surface area contributed by atoms with Gasteiger partial charge >= 0.3 is 0 Å². The fourth-order valence-corrected chi connectivity index (χ4v) is 1.66. The van der Waals surface area contributed by atoms with Crippen LogP contribution in [0.3, 0.4) is 0 Å². The van der Waals surface area contributed by atoms with Crippen molar-refractivity contribution in [2.75, 3.05) is 13.2 Å². The zero-order valence-corrected chi connectivity index (χ0v) is 11.7. The molecular formula is C16H18O4. The molecule has 0 aliphatic rings. The van der Waals surface area contributed by atoms with E-state index in [9.17, 15) is 0 Å². The fraction of sp³-hybridized carbons (Fsp3) is 0.250. The van der Waals surface area contributed by atoms with Crippen LogP contribution in [0.25, 0.3) is 11.1 Å². The van der Waals surface area contributed by atoms with E-state index in [0.717, 1.165) is 11.1 Å². The second-order valence-corrected chi connectivity index (χ2v) is 4.03. The minimum Gasteiger partial charge on any atom is -0.338 e. The lowest BCUT2D eigenvalue weighted by Gasteiger charge is -2.06. The molecule has 0 bridgehead atoms. The van der Waals surface area contributed by atoms with Crippen LogP contribution in [0, 0.1) is 0 Å². The van der Waals surface area contributed by atoms with Crippen molar-refractivity contribution < 1.29 is 19.6 Å². The molecule has 0 fully saturated rings. The van der Waals surface area contributed by atoms with Gasteiger partial charge in [0.05, 0.1) is 13.2 Å². The van der Waals surface area contributed by atoms with Gasteiger partial charge in [0.25, 0.3) is 0 Å². The van der Waals surface area contributed by atoms with Crippen molar-refractivity contribution in [2.24, 2.45) is 0 Å². The van der Waals surface area contributed by atoms with Crippen LogP contribution in [0.15, 0.2) is 48.5 Å². The van der Waals surface area contributed by atoms with Gasteiger partial charge in [0.2, 0.25) is 0 Å². The highest BCUT2D eigenvalue weighted by atomic mass is 17.2. The van der Waals surface area contributed by atoms with Gasteiger partial charge < -0.3 is 9.78 Å². The maximum absolute atomic E-state index is 5.07. The third kappa shape index (κ3) is 3.98. The summed E-state index contributed by atoms with van der Waals surface area (Å²) in [4.78, 5) is 19.9. The minimum absolute atomic E-state index is 0.517. The highest BCUT2D eigenvalue weighted by molar-refractivity contribution is 5.64. The summed E-state index contributed by atoms with van der Waals surface area (Å²) in [5, 5.41) is 0. The Labute approximate surface area is 118 Å². The third-order valence-corrected chi connectivity index (χ3v) is 2.59. The van der Waals surface area contributed by atoms with E-state index in [1.54, 1.807) is 0 Å². The molecule has 0 amide bonds. The smallest absolute Gasteiger partial charge is 0.165 e. The Balaban J connectivity index is 2.03. The van der Waals surface area contributed by atoms with E-state index in [2.05, 4.69) is 0 Å². The van der Waals surface area contributed by atoms with Crippen LogP contribution in [0.1, 0.15) is 13.8 Å². The predicted molar refractivity (Wildman–Crippen MR) is 76.4 cm³/mol. The van der Waals surface area contributed by atoms with Gasteiger partial charge in [0, 0.05) is 0 Å². The summed E-state index contributed by atoms with van der Waals surface area (Å²) >= 11 is 0.